The molecule has 1 aromatic heterocycles. The maximum Gasteiger partial charge on any atom is 0.243 e. The van der Waals surface area contributed by atoms with Crippen LogP contribution in [0.4, 0.5) is 5.69 Å². The molecule has 7 nitrogen and oxygen atoms in total. The third-order valence-corrected chi connectivity index (χ3v) is 3.09. The molecule has 1 aliphatic rings. The summed E-state index contributed by atoms with van der Waals surface area (Å²) in [4.78, 5) is 29.2. The number of carbonyl (C=O) groups is 2. The number of pyridine rings is 1. The molecule has 1 fully saturated rings. The number of hydrazine groups is 1. The molecule has 19 heavy (non-hydrogen) atoms. The number of nitrogens with zero attached hydrogens (tertiary/aromatic N) is 2. The molecule has 2 amide bonds. The molecule has 0 saturated carbocycles. The topological polar surface area (TPSA) is 100 Å². The van der Waals surface area contributed by atoms with Crippen molar-refractivity contribution in [3.63, 3.8) is 0 Å². The van der Waals surface area contributed by atoms with Crippen molar-refractivity contribution in [1.82, 2.24) is 15.2 Å². The summed E-state index contributed by atoms with van der Waals surface area (Å²) in [5.41, 5.74) is 4.04. The van der Waals surface area contributed by atoms with E-state index in [4.69, 9.17) is 5.84 Å². The Kier molecular flexibility index (Phi) is 4.08. The van der Waals surface area contributed by atoms with E-state index in [-0.39, 0.29) is 24.4 Å². The Bertz CT molecular complexity index is 491. The van der Waals surface area contributed by atoms with Crippen molar-refractivity contribution in [2.24, 2.45) is 5.84 Å². The zero-order chi connectivity index (χ0) is 13.8. The van der Waals surface area contributed by atoms with E-state index >= 15 is 0 Å². The number of carbonyl (C=O) groups excluding carboxylic acids is 2. The molecule has 1 unspecified atom stereocenters. The molecule has 0 aliphatic carbocycles. The Morgan fingerprint density at radius 2 is 2.37 bits per heavy atom. The lowest BCUT2D eigenvalue weighted by Crippen LogP contribution is -2.57. The first kappa shape index (κ1) is 13.4. The summed E-state index contributed by atoms with van der Waals surface area (Å²) in [6.07, 6.45) is 2.28. The molecular formula is C12H17N5O2. The fraction of sp³-hybridized carbons (Fsp3) is 0.417. The molecular weight excluding hydrogens is 246 g/mol. The molecule has 0 bridgehead atoms. The zero-order valence-electron chi connectivity index (χ0n) is 10.7. The van der Waals surface area contributed by atoms with Crippen molar-refractivity contribution in [2.75, 3.05) is 12.0 Å². The Morgan fingerprint density at radius 1 is 1.58 bits per heavy atom. The molecule has 1 aliphatic heterocycles. The van der Waals surface area contributed by atoms with Crippen molar-refractivity contribution >= 4 is 17.5 Å². The minimum absolute atomic E-state index is 0.201. The predicted octanol–water partition coefficient (Wildman–Crippen LogP) is -0.396. The fourth-order valence-corrected chi connectivity index (χ4v) is 2.19. The van der Waals surface area contributed by atoms with Gasteiger partial charge in [-0.25, -0.2) is 0 Å². The monoisotopic (exact) mass is 263 g/mol. The number of nitrogens with one attached hydrogen (secondary N) is 2. The van der Waals surface area contributed by atoms with Crippen LogP contribution >= 0.6 is 0 Å². The van der Waals surface area contributed by atoms with Gasteiger partial charge in [0.25, 0.3) is 0 Å². The standard InChI is InChI=1S/C12H17N5O2/c1-2-10-12(19)15-11(18)7-17(10)6-9-5-8(16-13)3-4-14-9/h3-5,10H,2,6-7,13H2,1H3,(H,14,16)(H,15,18,19). The largest absolute Gasteiger partial charge is 0.324 e. The molecule has 1 atom stereocenters. The van der Waals surface area contributed by atoms with Gasteiger partial charge in [-0.15, -0.1) is 0 Å². The van der Waals surface area contributed by atoms with E-state index in [0.717, 1.165) is 11.4 Å². The average molecular weight is 263 g/mol. The zero-order valence-corrected chi connectivity index (χ0v) is 10.7. The number of nitrogen functional groups attached to an aromatic ring is 1. The molecule has 2 heterocycles. The lowest BCUT2D eigenvalue weighted by atomic mass is 10.1. The quantitative estimate of drug-likeness (QED) is 0.388. The second-order valence-corrected chi connectivity index (χ2v) is 4.42. The molecule has 0 radical (unpaired) electrons. The summed E-state index contributed by atoms with van der Waals surface area (Å²) in [6, 6.07) is 3.24. The molecule has 0 spiro atoms. The van der Waals surface area contributed by atoms with Crippen molar-refractivity contribution < 1.29 is 9.59 Å². The van der Waals surface area contributed by atoms with Gasteiger partial charge in [0.1, 0.15) is 0 Å². The molecule has 1 aromatic rings. The van der Waals surface area contributed by atoms with Gasteiger partial charge in [0, 0.05) is 12.7 Å². The van der Waals surface area contributed by atoms with Gasteiger partial charge >= 0.3 is 0 Å². The van der Waals surface area contributed by atoms with Gasteiger partial charge < -0.3 is 5.43 Å². The maximum atomic E-state index is 11.7. The number of piperazine rings is 1. The lowest BCUT2D eigenvalue weighted by molar-refractivity contribution is -0.140. The van der Waals surface area contributed by atoms with Crippen LogP contribution in [0.1, 0.15) is 19.0 Å². The van der Waals surface area contributed by atoms with E-state index in [1.165, 1.54) is 0 Å². The third-order valence-electron chi connectivity index (χ3n) is 3.09. The molecule has 102 valence electrons. The molecule has 7 heteroatoms. The first-order valence-electron chi connectivity index (χ1n) is 6.13. The van der Waals surface area contributed by atoms with Crippen LogP contribution in [0.2, 0.25) is 0 Å². The van der Waals surface area contributed by atoms with Crippen molar-refractivity contribution in [2.45, 2.75) is 25.9 Å². The van der Waals surface area contributed by atoms with Gasteiger partial charge in [0.15, 0.2) is 0 Å². The minimum atomic E-state index is -0.297. The summed E-state index contributed by atoms with van der Waals surface area (Å²) in [5, 5.41) is 2.35. The van der Waals surface area contributed by atoms with Gasteiger partial charge in [-0.3, -0.25) is 30.6 Å². The fourth-order valence-electron chi connectivity index (χ4n) is 2.19. The molecule has 0 aromatic carbocycles. The first-order chi connectivity index (χ1) is 9.13. The molecule has 4 N–H and O–H groups in total. The van der Waals surface area contributed by atoms with Crippen LogP contribution < -0.4 is 16.6 Å². The van der Waals surface area contributed by atoms with Crippen LogP contribution in [0.3, 0.4) is 0 Å². The summed E-state index contributed by atoms with van der Waals surface area (Å²) in [7, 11) is 0. The van der Waals surface area contributed by atoms with Crippen LogP contribution in [0.25, 0.3) is 0 Å². The van der Waals surface area contributed by atoms with E-state index in [2.05, 4.69) is 15.7 Å². The lowest BCUT2D eigenvalue weighted by Gasteiger charge is -2.32. The Labute approximate surface area is 111 Å². The number of hydrogen-bond acceptors (Lipinski definition) is 6. The van der Waals surface area contributed by atoms with E-state index in [0.29, 0.717) is 13.0 Å². The average Bonchev–Trinajstić information content (AvgIpc) is 2.38. The summed E-state index contributed by atoms with van der Waals surface area (Å²) in [5.74, 6) is 4.82. The van der Waals surface area contributed by atoms with Crippen molar-refractivity contribution in [3.8, 4) is 0 Å². The van der Waals surface area contributed by atoms with Crippen LogP contribution in [0.5, 0.6) is 0 Å². The van der Waals surface area contributed by atoms with Crippen LogP contribution in [-0.2, 0) is 16.1 Å². The van der Waals surface area contributed by atoms with E-state index in [1.807, 2.05) is 11.8 Å². The Hall–Kier alpha value is -1.99. The number of anilines is 1. The second kappa shape index (κ2) is 5.77. The number of amides is 2. The second-order valence-electron chi connectivity index (χ2n) is 4.42. The number of rotatable bonds is 4. The van der Waals surface area contributed by atoms with Crippen LogP contribution in [0.15, 0.2) is 18.3 Å². The SMILES string of the molecule is CCC1C(=O)NC(=O)CN1Cc1cc(NN)ccn1. The smallest absolute Gasteiger partial charge is 0.243 e. The number of imide groups is 1. The number of hydrogen-bond donors (Lipinski definition) is 3. The van der Waals surface area contributed by atoms with Gasteiger partial charge in [-0.1, -0.05) is 6.92 Å². The van der Waals surface area contributed by atoms with Gasteiger partial charge in [0.2, 0.25) is 11.8 Å². The summed E-state index contributed by atoms with van der Waals surface area (Å²) < 4.78 is 0. The van der Waals surface area contributed by atoms with Crippen LogP contribution in [-0.4, -0.2) is 34.3 Å². The predicted molar refractivity (Wildman–Crippen MR) is 69.7 cm³/mol. The highest BCUT2D eigenvalue weighted by Gasteiger charge is 2.32. The third kappa shape index (κ3) is 3.07. The van der Waals surface area contributed by atoms with Gasteiger partial charge in [0.05, 0.1) is 24.0 Å². The Morgan fingerprint density at radius 3 is 3.05 bits per heavy atom. The maximum absolute atomic E-state index is 11.7. The van der Waals surface area contributed by atoms with Gasteiger partial charge in [-0.05, 0) is 18.6 Å². The van der Waals surface area contributed by atoms with E-state index < -0.39 is 0 Å². The number of nitrogens with two attached hydrogens (primary N) is 1. The number of aromatic nitrogens is 1. The minimum Gasteiger partial charge on any atom is -0.324 e. The molecule has 1 saturated heterocycles. The van der Waals surface area contributed by atoms with E-state index in [1.54, 1.807) is 18.3 Å². The highest BCUT2D eigenvalue weighted by molar-refractivity contribution is 6.01. The van der Waals surface area contributed by atoms with Gasteiger partial charge in [-0.2, -0.15) is 0 Å². The first-order valence-corrected chi connectivity index (χ1v) is 6.13. The van der Waals surface area contributed by atoms with E-state index in [9.17, 15) is 9.59 Å². The van der Waals surface area contributed by atoms with Crippen LogP contribution in [0, 0.1) is 0 Å². The summed E-state index contributed by atoms with van der Waals surface area (Å²) in [6.45, 7) is 2.55. The van der Waals surface area contributed by atoms with Crippen molar-refractivity contribution in [1.29, 1.82) is 0 Å². The van der Waals surface area contributed by atoms with Crippen molar-refractivity contribution in [3.05, 3.63) is 24.0 Å². The molecule has 2 rings (SSSR count). The normalized spacial score (nSPS) is 20.2. The highest BCUT2D eigenvalue weighted by atomic mass is 16.2. The Balaban J connectivity index is 2.14. The highest BCUT2D eigenvalue weighted by Crippen LogP contribution is 2.14. The summed E-state index contributed by atoms with van der Waals surface area (Å²) >= 11 is 0.